The Balaban J connectivity index is 1.22. The highest BCUT2D eigenvalue weighted by molar-refractivity contribution is 5.26. The van der Waals surface area contributed by atoms with Gasteiger partial charge in [0.15, 0.2) is 0 Å². The Morgan fingerprint density at radius 1 is 1.06 bits per heavy atom. The van der Waals surface area contributed by atoms with Crippen molar-refractivity contribution in [3.8, 4) is 0 Å². The first-order valence-corrected chi connectivity index (χ1v) is 13.4. The fourth-order valence-electron chi connectivity index (χ4n) is 10.7. The molecule has 0 aromatic carbocycles. The Labute approximate surface area is 189 Å². The number of methoxy groups -OCH3 is 1. The molecule has 0 amide bonds. The third-order valence-electron chi connectivity index (χ3n) is 12.2. The first-order chi connectivity index (χ1) is 14.9. The summed E-state index contributed by atoms with van der Waals surface area (Å²) in [5.41, 5.74) is 3.14. The lowest BCUT2D eigenvalue weighted by atomic mass is 9.45. The van der Waals surface area contributed by atoms with Gasteiger partial charge in [-0.3, -0.25) is 4.98 Å². The fourth-order valence-corrected chi connectivity index (χ4v) is 10.7. The molecule has 2 heteroatoms. The van der Waals surface area contributed by atoms with Crippen LogP contribution in [-0.4, -0.2) is 18.2 Å². The molecule has 170 valence electrons. The minimum absolute atomic E-state index is 0.539. The third-order valence-corrected chi connectivity index (χ3v) is 12.2. The molecule has 5 aliphatic carbocycles. The molecule has 1 aromatic rings. The van der Waals surface area contributed by atoms with E-state index in [1.165, 1.54) is 69.8 Å². The average molecular weight is 422 g/mol. The normalized spacial score (nSPS) is 50.8. The van der Waals surface area contributed by atoms with Crippen LogP contribution in [0.2, 0.25) is 0 Å². The van der Waals surface area contributed by atoms with E-state index in [0.29, 0.717) is 22.3 Å². The molecule has 6 rings (SSSR count). The van der Waals surface area contributed by atoms with E-state index in [1.807, 2.05) is 19.5 Å². The van der Waals surface area contributed by atoms with Gasteiger partial charge in [0.1, 0.15) is 0 Å². The van der Waals surface area contributed by atoms with Crippen LogP contribution < -0.4 is 0 Å². The largest absolute Gasteiger partial charge is 0.381 e. The smallest absolute Gasteiger partial charge is 0.0638 e. The molecule has 0 aliphatic heterocycles. The minimum atomic E-state index is 0.539. The van der Waals surface area contributed by atoms with Crippen LogP contribution >= 0.6 is 0 Å². The summed E-state index contributed by atoms with van der Waals surface area (Å²) in [6, 6.07) is 4.40. The summed E-state index contributed by atoms with van der Waals surface area (Å²) in [4.78, 5) is 4.19. The molecule has 31 heavy (non-hydrogen) atoms. The zero-order valence-electron chi connectivity index (χ0n) is 20.3. The van der Waals surface area contributed by atoms with E-state index < -0.39 is 0 Å². The summed E-state index contributed by atoms with van der Waals surface area (Å²) in [5.74, 6) is 5.53. The molecule has 0 radical (unpaired) electrons. The van der Waals surface area contributed by atoms with Crippen molar-refractivity contribution < 1.29 is 4.74 Å². The maximum atomic E-state index is 6.30. The van der Waals surface area contributed by atoms with Gasteiger partial charge in [0.05, 0.1) is 6.10 Å². The molecule has 5 fully saturated rings. The van der Waals surface area contributed by atoms with Gasteiger partial charge in [-0.1, -0.05) is 20.8 Å². The summed E-state index contributed by atoms with van der Waals surface area (Å²) in [7, 11) is 2.02. The van der Waals surface area contributed by atoms with Crippen molar-refractivity contribution in [2.45, 2.75) is 91.1 Å². The second-order valence-corrected chi connectivity index (χ2v) is 12.8. The summed E-state index contributed by atoms with van der Waals surface area (Å²) >= 11 is 0. The molecule has 5 saturated carbocycles. The van der Waals surface area contributed by atoms with Crippen LogP contribution in [0.5, 0.6) is 0 Å². The standard InChI is InChI=1S/C29H43NO/c1-19(5-6-20-11-15-30-16-12-20)23-7-8-24-22-17-26(31-4)29-18-21(29)9-14-28(29,3)25(22)10-13-27(23,24)2/h11-12,15-16,19,21-26H,5-10,13-14,17-18H2,1-4H3/t19-,21-,22+,23-,24+,25+,26-,27-,28-,29?/m1/s1. The van der Waals surface area contributed by atoms with Gasteiger partial charge < -0.3 is 4.74 Å². The summed E-state index contributed by atoms with van der Waals surface area (Å²) in [6.07, 6.45) is 18.7. The van der Waals surface area contributed by atoms with Crippen LogP contribution in [0.3, 0.4) is 0 Å². The van der Waals surface area contributed by atoms with Crippen molar-refractivity contribution in [1.82, 2.24) is 4.98 Å². The SMILES string of the molecule is CO[C@@H]1C[C@H]2[C@@H]3CC[C@H]([C@H](C)CCc4ccncc4)[C@@]3(C)CC[C@@H]2[C@@]2(C)CC[C@@H]3CC312. The van der Waals surface area contributed by atoms with Crippen LogP contribution in [0, 0.1) is 51.8 Å². The summed E-state index contributed by atoms with van der Waals surface area (Å²) in [5, 5.41) is 0. The van der Waals surface area contributed by atoms with Crippen molar-refractivity contribution in [3.05, 3.63) is 30.1 Å². The van der Waals surface area contributed by atoms with E-state index in [1.54, 1.807) is 0 Å². The van der Waals surface area contributed by atoms with Crippen LogP contribution in [0.15, 0.2) is 24.5 Å². The van der Waals surface area contributed by atoms with Crippen LogP contribution in [0.25, 0.3) is 0 Å². The lowest BCUT2D eigenvalue weighted by Crippen LogP contribution is -2.57. The van der Waals surface area contributed by atoms with Gasteiger partial charge in [-0.2, -0.15) is 0 Å². The van der Waals surface area contributed by atoms with E-state index in [9.17, 15) is 0 Å². The minimum Gasteiger partial charge on any atom is -0.381 e. The second kappa shape index (κ2) is 7.05. The predicted molar refractivity (Wildman–Crippen MR) is 126 cm³/mol. The van der Waals surface area contributed by atoms with Gasteiger partial charge in [0.25, 0.3) is 0 Å². The van der Waals surface area contributed by atoms with E-state index in [4.69, 9.17) is 4.74 Å². The Kier molecular flexibility index (Phi) is 4.71. The maximum Gasteiger partial charge on any atom is 0.0638 e. The number of aromatic nitrogens is 1. The summed E-state index contributed by atoms with van der Waals surface area (Å²) < 4.78 is 6.30. The van der Waals surface area contributed by atoms with Crippen molar-refractivity contribution in [1.29, 1.82) is 0 Å². The highest BCUT2D eigenvalue weighted by Gasteiger charge is 2.77. The van der Waals surface area contributed by atoms with Gasteiger partial charge >= 0.3 is 0 Å². The number of fused-ring (bicyclic) bond motifs is 4. The number of nitrogens with zero attached hydrogens (tertiary/aromatic N) is 1. The molecule has 1 heterocycles. The van der Waals surface area contributed by atoms with Crippen molar-refractivity contribution in [3.63, 3.8) is 0 Å². The van der Waals surface area contributed by atoms with E-state index in [-0.39, 0.29) is 0 Å². The van der Waals surface area contributed by atoms with Gasteiger partial charge in [-0.25, -0.2) is 0 Å². The van der Waals surface area contributed by atoms with E-state index >= 15 is 0 Å². The number of hydrogen-bond acceptors (Lipinski definition) is 2. The Morgan fingerprint density at radius 3 is 2.61 bits per heavy atom. The van der Waals surface area contributed by atoms with Gasteiger partial charge in [-0.05, 0) is 128 Å². The number of ether oxygens (including phenoxy) is 1. The molecule has 10 atom stereocenters. The highest BCUT2D eigenvalue weighted by Crippen LogP contribution is 2.82. The Hall–Kier alpha value is -0.890. The molecule has 1 unspecified atom stereocenters. The molecule has 0 bridgehead atoms. The quantitative estimate of drug-likeness (QED) is 0.514. The van der Waals surface area contributed by atoms with Crippen LogP contribution in [-0.2, 0) is 11.2 Å². The topological polar surface area (TPSA) is 22.1 Å². The summed E-state index contributed by atoms with van der Waals surface area (Å²) in [6.45, 7) is 7.97. The lowest BCUT2D eigenvalue weighted by molar-refractivity contribution is -0.161. The average Bonchev–Trinajstić information content (AvgIpc) is 3.29. The molecule has 0 N–H and O–H groups in total. The van der Waals surface area contributed by atoms with Crippen LogP contribution in [0.1, 0.15) is 84.1 Å². The molecule has 1 aromatic heterocycles. The predicted octanol–water partition coefficient (Wildman–Crippen LogP) is 6.93. The van der Waals surface area contributed by atoms with Crippen molar-refractivity contribution in [2.24, 2.45) is 51.8 Å². The molecular weight excluding hydrogens is 378 g/mol. The molecular formula is C29H43NO. The first-order valence-electron chi connectivity index (χ1n) is 13.4. The Morgan fingerprint density at radius 2 is 1.87 bits per heavy atom. The van der Waals surface area contributed by atoms with Gasteiger partial charge in [-0.15, -0.1) is 0 Å². The maximum absolute atomic E-state index is 6.30. The number of pyridine rings is 1. The van der Waals surface area contributed by atoms with E-state index in [2.05, 4.69) is 37.9 Å². The molecule has 5 aliphatic rings. The fraction of sp³-hybridized carbons (Fsp3) is 0.828. The molecule has 2 nitrogen and oxygen atoms in total. The van der Waals surface area contributed by atoms with Gasteiger partial charge in [0.2, 0.25) is 0 Å². The zero-order chi connectivity index (χ0) is 21.4. The zero-order valence-corrected chi connectivity index (χ0v) is 20.3. The lowest BCUT2D eigenvalue weighted by Gasteiger charge is -2.61. The Bertz CT molecular complexity index is 823. The van der Waals surface area contributed by atoms with Crippen molar-refractivity contribution in [2.75, 3.05) is 7.11 Å². The number of rotatable bonds is 5. The monoisotopic (exact) mass is 421 g/mol. The third kappa shape index (κ3) is 2.69. The molecule has 1 spiro atoms. The first kappa shape index (κ1) is 20.7. The number of aryl methyl sites for hydroxylation is 1. The van der Waals surface area contributed by atoms with Crippen molar-refractivity contribution >= 4 is 0 Å². The number of hydrogen-bond donors (Lipinski definition) is 0. The second-order valence-electron chi connectivity index (χ2n) is 12.8. The molecule has 0 saturated heterocycles. The van der Waals surface area contributed by atoms with E-state index in [0.717, 1.165) is 35.5 Å². The van der Waals surface area contributed by atoms with Crippen LogP contribution in [0.4, 0.5) is 0 Å². The van der Waals surface area contributed by atoms with Gasteiger partial charge in [0, 0.05) is 24.9 Å². The highest BCUT2D eigenvalue weighted by atomic mass is 16.5.